The number of likely N-dealkylation sites (N-methyl/N-ethyl adjacent to an activating group) is 1. The molecule has 6 rings (SSSR count). The number of unbranched alkanes of at least 4 members (excludes halogenated alkanes) is 1. The van der Waals surface area contributed by atoms with Gasteiger partial charge >= 0.3 is 5.69 Å². The Balaban J connectivity index is 1.47. The van der Waals surface area contributed by atoms with Crippen LogP contribution in [-0.2, 0) is 13.6 Å². The molecule has 0 atom stereocenters. The summed E-state index contributed by atoms with van der Waals surface area (Å²) in [5.41, 5.74) is 6.51. The summed E-state index contributed by atoms with van der Waals surface area (Å²) < 4.78 is 34.6. The first-order valence-corrected chi connectivity index (χ1v) is 14.6. The highest BCUT2D eigenvalue weighted by Crippen LogP contribution is 2.44. The summed E-state index contributed by atoms with van der Waals surface area (Å²) in [5, 5.41) is 0.700. The van der Waals surface area contributed by atoms with Gasteiger partial charge in [0.05, 0.1) is 16.7 Å². The summed E-state index contributed by atoms with van der Waals surface area (Å²) in [5.74, 6) is -1.71. The summed E-state index contributed by atoms with van der Waals surface area (Å²) in [6.07, 6.45) is 6.85. The highest BCUT2D eigenvalue weighted by atomic mass is 19.1. The topological polar surface area (TPSA) is 63.1 Å². The van der Waals surface area contributed by atoms with Crippen LogP contribution in [0.15, 0.2) is 54.7 Å². The third kappa shape index (κ3) is 4.63. The smallest absolute Gasteiger partial charge is 0.327 e. The quantitative estimate of drug-likeness (QED) is 0.113. The molecule has 9 heteroatoms. The molecule has 0 amide bonds. The molecule has 43 heavy (non-hydrogen) atoms. The van der Waals surface area contributed by atoms with Crippen LogP contribution in [0.5, 0.6) is 0 Å². The van der Waals surface area contributed by atoms with Gasteiger partial charge in [0.1, 0.15) is 11.3 Å². The summed E-state index contributed by atoms with van der Waals surface area (Å²) in [7, 11) is 4.06. The van der Waals surface area contributed by atoms with Gasteiger partial charge in [-0.05, 0) is 50.1 Å². The van der Waals surface area contributed by atoms with Gasteiger partial charge in [0.2, 0.25) is 18.2 Å². The molecular weight excluding hydrogens is 548 g/mol. The van der Waals surface area contributed by atoms with E-state index < -0.39 is 23.1 Å². The van der Waals surface area contributed by atoms with Crippen molar-refractivity contribution < 1.29 is 18.3 Å². The van der Waals surface area contributed by atoms with E-state index in [1.165, 1.54) is 0 Å². The van der Waals surface area contributed by atoms with Crippen LogP contribution in [-0.4, -0.2) is 44.8 Å². The number of rotatable bonds is 7. The zero-order chi connectivity index (χ0) is 30.6. The number of hydrogen-bond acceptors (Lipinski definition) is 4. The fraction of sp³-hybridized carbons (Fsp3) is 0.294. The van der Waals surface area contributed by atoms with Gasteiger partial charge in [-0.3, -0.25) is 4.79 Å². The highest BCUT2D eigenvalue weighted by Gasteiger charge is 2.30. The Morgan fingerprint density at radius 1 is 1.07 bits per heavy atom. The molecule has 0 N–H and O–H groups in total. The van der Waals surface area contributed by atoms with E-state index in [2.05, 4.69) is 29.5 Å². The molecule has 0 bridgehead atoms. The van der Waals surface area contributed by atoms with Crippen LogP contribution in [0.2, 0.25) is 0 Å². The number of nitroso groups, excluding NO2 is 1. The van der Waals surface area contributed by atoms with E-state index in [1.807, 2.05) is 43.7 Å². The number of nitrogens with zero attached hydrogens (tertiary/aromatic N) is 5. The third-order valence-electron chi connectivity index (χ3n) is 8.46. The highest BCUT2D eigenvalue weighted by molar-refractivity contribution is 6.19. The minimum Gasteiger partial charge on any atom is -0.370 e. The Labute approximate surface area is 248 Å². The first kappa shape index (κ1) is 28.5. The van der Waals surface area contributed by atoms with Crippen molar-refractivity contribution in [1.29, 1.82) is 0 Å². The van der Waals surface area contributed by atoms with E-state index in [0.717, 1.165) is 69.7 Å². The average Bonchev–Trinajstić information content (AvgIpc) is 3.48. The molecule has 0 saturated heterocycles. The molecule has 3 aromatic carbocycles. The molecule has 0 aliphatic carbocycles. The Kier molecular flexibility index (Phi) is 7.20. The SMILES string of the molecule is CCC/C=C/C[N+](=O)c1c(F)cc(C(=O)c2cn3c4c(cccc24)-c2c(C)cc4c(nc(C)n4C)c2N(C)CC3)cc1F. The first-order valence-electron chi connectivity index (χ1n) is 14.6. The number of carbonyl (C=O) groups excluding carboxylic acids is 1. The molecular formula is C34H34F2N5O2+. The second kappa shape index (κ2) is 10.9. The Morgan fingerprint density at radius 2 is 1.81 bits per heavy atom. The third-order valence-corrected chi connectivity index (χ3v) is 8.46. The average molecular weight is 583 g/mol. The largest absolute Gasteiger partial charge is 0.370 e. The summed E-state index contributed by atoms with van der Waals surface area (Å²) in [6, 6.07) is 9.89. The predicted molar refractivity (Wildman–Crippen MR) is 166 cm³/mol. The molecule has 0 radical (unpaired) electrons. The number of fused-ring (bicyclic) bond motifs is 4. The minimum atomic E-state index is -1.06. The molecule has 0 saturated carbocycles. The number of anilines is 1. The van der Waals surface area contributed by atoms with Crippen LogP contribution in [0.25, 0.3) is 33.1 Å². The number of ketones is 1. The Morgan fingerprint density at radius 3 is 2.53 bits per heavy atom. The summed E-state index contributed by atoms with van der Waals surface area (Å²) >= 11 is 0. The minimum absolute atomic E-state index is 0.146. The van der Waals surface area contributed by atoms with Gasteiger partial charge < -0.3 is 14.0 Å². The molecule has 0 fully saturated rings. The number of imidazole rings is 1. The zero-order valence-electron chi connectivity index (χ0n) is 25.0. The Hall–Kier alpha value is -4.66. The molecule has 3 heterocycles. The molecule has 0 unspecified atom stereocenters. The maximum absolute atomic E-state index is 15.1. The number of aryl methyl sites for hydroxylation is 3. The van der Waals surface area contributed by atoms with Crippen molar-refractivity contribution in [3.8, 4) is 11.1 Å². The lowest BCUT2D eigenvalue weighted by Crippen LogP contribution is -2.25. The lowest BCUT2D eigenvalue weighted by molar-refractivity contribution is -0.455. The molecule has 2 aromatic heterocycles. The van der Waals surface area contributed by atoms with Gasteiger partial charge in [-0.1, -0.05) is 37.6 Å². The first-order chi connectivity index (χ1) is 20.6. The number of carbonyl (C=O) groups is 1. The summed E-state index contributed by atoms with van der Waals surface area (Å²) in [6.45, 7) is 7.15. The normalized spacial score (nSPS) is 13.1. The van der Waals surface area contributed by atoms with E-state index in [1.54, 1.807) is 18.3 Å². The van der Waals surface area contributed by atoms with Gasteiger partial charge in [0, 0.05) is 70.7 Å². The van der Waals surface area contributed by atoms with Gasteiger partial charge in [0.25, 0.3) is 0 Å². The van der Waals surface area contributed by atoms with Crippen molar-refractivity contribution in [2.75, 3.05) is 25.0 Å². The van der Waals surface area contributed by atoms with Crippen molar-refractivity contribution in [3.63, 3.8) is 0 Å². The van der Waals surface area contributed by atoms with E-state index in [9.17, 15) is 9.70 Å². The van der Waals surface area contributed by atoms with Gasteiger partial charge in [0.15, 0.2) is 5.78 Å². The van der Waals surface area contributed by atoms with Crippen molar-refractivity contribution in [2.45, 2.75) is 40.2 Å². The lowest BCUT2D eigenvalue weighted by Gasteiger charge is -2.28. The second-order valence-corrected chi connectivity index (χ2v) is 11.3. The fourth-order valence-corrected chi connectivity index (χ4v) is 6.19. The van der Waals surface area contributed by atoms with E-state index in [4.69, 9.17) is 4.98 Å². The van der Waals surface area contributed by atoms with E-state index in [0.29, 0.717) is 24.0 Å². The van der Waals surface area contributed by atoms with Crippen LogP contribution in [0, 0.1) is 30.4 Å². The maximum Gasteiger partial charge on any atom is 0.327 e. The molecule has 1 aliphatic heterocycles. The van der Waals surface area contributed by atoms with Crippen LogP contribution in [0.1, 0.15) is 47.1 Å². The maximum atomic E-state index is 15.1. The standard InChI is InChI=1S/C34H34F2N5O2/c1-6-7-8-9-13-41(43)32-26(35)17-22(18-27(32)36)34(42)25-19-40-15-14-38(4)33-29(24-12-10-11-23(25)31(24)40)20(2)16-28-30(33)37-21(3)39(28)5/h8-12,16-19H,6-7,13-15H2,1-5H3/q+1/b9-8+. The number of halogens is 2. The fourth-order valence-electron chi connectivity index (χ4n) is 6.19. The van der Waals surface area contributed by atoms with Crippen molar-refractivity contribution in [1.82, 2.24) is 14.1 Å². The second-order valence-electron chi connectivity index (χ2n) is 11.3. The number of aromatic nitrogens is 3. The van der Waals surface area contributed by atoms with Crippen molar-refractivity contribution >= 4 is 39.1 Å². The molecule has 1 aliphatic rings. The Bertz CT molecular complexity index is 1960. The van der Waals surface area contributed by atoms with E-state index >= 15 is 8.78 Å². The molecule has 5 aromatic rings. The lowest BCUT2D eigenvalue weighted by atomic mass is 9.93. The number of allylic oxidation sites excluding steroid dienone is 1. The van der Waals surface area contributed by atoms with Crippen LogP contribution in [0.4, 0.5) is 20.2 Å². The van der Waals surface area contributed by atoms with Crippen LogP contribution in [0.3, 0.4) is 0 Å². The zero-order valence-corrected chi connectivity index (χ0v) is 25.0. The molecule has 0 spiro atoms. The molecule has 7 nitrogen and oxygen atoms in total. The van der Waals surface area contributed by atoms with Crippen molar-refractivity contribution in [2.24, 2.45) is 7.05 Å². The monoisotopic (exact) mass is 582 g/mol. The number of hydrogen-bond donors (Lipinski definition) is 0. The van der Waals surface area contributed by atoms with Crippen LogP contribution < -0.4 is 4.90 Å². The number of benzene rings is 3. The number of para-hydroxylation sites is 1. The predicted octanol–water partition coefficient (Wildman–Crippen LogP) is 7.54. The van der Waals surface area contributed by atoms with Crippen molar-refractivity contribution in [3.05, 3.63) is 93.8 Å². The van der Waals surface area contributed by atoms with Gasteiger partial charge in [-0.2, -0.15) is 8.78 Å². The molecule has 220 valence electrons. The van der Waals surface area contributed by atoms with Gasteiger partial charge in [-0.25, -0.2) is 4.98 Å². The van der Waals surface area contributed by atoms with Crippen LogP contribution >= 0.6 is 0 Å². The summed E-state index contributed by atoms with van der Waals surface area (Å²) in [4.78, 5) is 33.4. The van der Waals surface area contributed by atoms with E-state index in [-0.39, 0.29) is 16.9 Å². The van der Waals surface area contributed by atoms with Gasteiger partial charge in [-0.15, -0.1) is 0 Å².